The molecule has 2 N–H and O–H groups in total. The second-order valence-electron chi connectivity index (χ2n) is 6.21. The smallest absolute Gasteiger partial charge is 0.341 e. The predicted octanol–water partition coefficient (Wildman–Crippen LogP) is 2.02. The molecule has 0 bridgehead atoms. The van der Waals surface area contributed by atoms with E-state index in [4.69, 9.17) is 4.74 Å². The van der Waals surface area contributed by atoms with E-state index in [1.54, 1.807) is 29.1 Å². The van der Waals surface area contributed by atoms with Gasteiger partial charge in [-0.05, 0) is 32.9 Å². The standard InChI is InChI=1S/C17H22N4O5S/c1-11(2)21-15(9-10-18-21)19-16(22)12(3)26-17(23)13-7-5-6-8-14(13)20-27(4,24)25/h5-12,20H,1-4H3,(H,19,22). The Morgan fingerprint density at radius 1 is 1.15 bits per heavy atom. The molecule has 27 heavy (non-hydrogen) atoms. The molecule has 0 aliphatic carbocycles. The van der Waals surface area contributed by atoms with Gasteiger partial charge >= 0.3 is 5.97 Å². The maximum atomic E-state index is 12.4. The fraction of sp³-hybridized carbons (Fsp3) is 0.353. The zero-order valence-electron chi connectivity index (χ0n) is 15.5. The normalized spacial score (nSPS) is 12.5. The largest absolute Gasteiger partial charge is 0.449 e. The molecule has 0 saturated carbocycles. The van der Waals surface area contributed by atoms with E-state index < -0.39 is 28.0 Å². The molecule has 1 atom stereocenters. The molecule has 1 heterocycles. The van der Waals surface area contributed by atoms with Crippen molar-refractivity contribution in [1.82, 2.24) is 9.78 Å². The summed E-state index contributed by atoms with van der Waals surface area (Å²) in [4.78, 5) is 24.7. The zero-order valence-corrected chi connectivity index (χ0v) is 16.3. The van der Waals surface area contributed by atoms with Crippen molar-refractivity contribution in [3.8, 4) is 0 Å². The number of esters is 1. The molecule has 0 aliphatic rings. The monoisotopic (exact) mass is 394 g/mol. The van der Waals surface area contributed by atoms with Crippen LogP contribution in [0.1, 0.15) is 37.2 Å². The van der Waals surface area contributed by atoms with E-state index in [1.165, 1.54) is 19.1 Å². The Kier molecular flexibility index (Phi) is 6.21. The number of carbonyl (C=O) groups excluding carboxylic acids is 2. The molecule has 0 spiro atoms. The van der Waals surface area contributed by atoms with Gasteiger partial charge in [0.25, 0.3) is 5.91 Å². The molecule has 146 valence electrons. The van der Waals surface area contributed by atoms with Gasteiger partial charge in [0.2, 0.25) is 10.0 Å². The molecule has 2 rings (SSSR count). The molecule has 1 unspecified atom stereocenters. The maximum absolute atomic E-state index is 12.4. The van der Waals surface area contributed by atoms with Crippen molar-refractivity contribution in [2.24, 2.45) is 0 Å². The van der Waals surface area contributed by atoms with Crippen molar-refractivity contribution in [1.29, 1.82) is 0 Å². The van der Waals surface area contributed by atoms with Gasteiger partial charge in [-0.2, -0.15) is 5.10 Å². The molecule has 10 heteroatoms. The van der Waals surface area contributed by atoms with Crippen molar-refractivity contribution >= 4 is 33.4 Å². The van der Waals surface area contributed by atoms with Crippen LogP contribution in [-0.2, 0) is 19.6 Å². The average Bonchev–Trinajstić information content (AvgIpc) is 3.02. The van der Waals surface area contributed by atoms with Crippen LogP contribution in [0.2, 0.25) is 0 Å². The number of nitrogens with zero attached hydrogens (tertiary/aromatic N) is 2. The Balaban J connectivity index is 2.09. The number of para-hydroxylation sites is 1. The van der Waals surface area contributed by atoms with Gasteiger partial charge in [0.05, 0.1) is 23.7 Å². The van der Waals surface area contributed by atoms with Gasteiger partial charge in [-0.25, -0.2) is 17.9 Å². The Labute approximate surface area is 157 Å². The molecule has 1 aromatic carbocycles. The topological polar surface area (TPSA) is 119 Å². The van der Waals surface area contributed by atoms with Crippen molar-refractivity contribution in [2.45, 2.75) is 32.9 Å². The first kappa shape index (κ1) is 20.4. The maximum Gasteiger partial charge on any atom is 0.341 e. The van der Waals surface area contributed by atoms with E-state index in [0.29, 0.717) is 5.82 Å². The number of ether oxygens (including phenoxy) is 1. The van der Waals surface area contributed by atoms with Crippen molar-refractivity contribution in [2.75, 3.05) is 16.3 Å². The van der Waals surface area contributed by atoms with Crippen LogP contribution in [0.15, 0.2) is 36.5 Å². The minimum atomic E-state index is -3.57. The Morgan fingerprint density at radius 3 is 2.44 bits per heavy atom. The average molecular weight is 394 g/mol. The number of nitrogens with one attached hydrogen (secondary N) is 2. The van der Waals surface area contributed by atoms with E-state index in [2.05, 4.69) is 15.1 Å². The van der Waals surface area contributed by atoms with Crippen LogP contribution in [0.3, 0.4) is 0 Å². The van der Waals surface area contributed by atoms with E-state index in [-0.39, 0.29) is 17.3 Å². The number of anilines is 2. The second kappa shape index (κ2) is 8.21. The summed E-state index contributed by atoms with van der Waals surface area (Å²) in [5, 5.41) is 6.77. The summed E-state index contributed by atoms with van der Waals surface area (Å²) in [7, 11) is -3.57. The van der Waals surface area contributed by atoms with Crippen LogP contribution in [0.25, 0.3) is 0 Å². The van der Waals surface area contributed by atoms with Gasteiger partial charge in [-0.1, -0.05) is 12.1 Å². The highest BCUT2D eigenvalue weighted by atomic mass is 32.2. The van der Waals surface area contributed by atoms with Gasteiger partial charge in [-0.15, -0.1) is 0 Å². The fourth-order valence-electron chi connectivity index (χ4n) is 2.28. The Morgan fingerprint density at radius 2 is 1.81 bits per heavy atom. The molecule has 1 aromatic heterocycles. The Hall–Kier alpha value is -2.88. The van der Waals surface area contributed by atoms with E-state index in [1.807, 2.05) is 13.8 Å². The van der Waals surface area contributed by atoms with Gasteiger partial charge in [0.1, 0.15) is 5.82 Å². The van der Waals surface area contributed by atoms with Gasteiger partial charge in [0, 0.05) is 12.1 Å². The third-order valence-electron chi connectivity index (χ3n) is 3.51. The fourth-order valence-corrected chi connectivity index (χ4v) is 2.86. The highest BCUT2D eigenvalue weighted by Crippen LogP contribution is 2.19. The van der Waals surface area contributed by atoms with Crippen molar-refractivity contribution < 1.29 is 22.7 Å². The first-order valence-corrected chi connectivity index (χ1v) is 10.1. The van der Waals surface area contributed by atoms with E-state index in [9.17, 15) is 18.0 Å². The van der Waals surface area contributed by atoms with E-state index >= 15 is 0 Å². The highest BCUT2D eigenvalue weighted by Gasteiger charge is 2.22. The highest BCUT2D eigenvalue weighted by molar-refractivity contribution is 7.92. The molecule has 9 nitrogen and oxygen atoms in total. The number of hydrogen-bond donors (Lipinski definition) is 2. The van der Waals surface area contributed by atoms with Crippen LogP contribution in [0, 0.1) is 0 Å². The molecule has 0 fully saturated rings. The minimum absolute atomic E-state index is 0.00907. The summed E-state index contributed by atoms with van der Waals surface area (Å²) in [6.45, 7) is 5.26. The summed E-state index contributed by atoms with van der Waals surface area (Å²) in [5.74, 6) is -0.863. The van der Waals surface area contributed by atoms with Crippen LogP contribution in [0.4, 0.5) is 11.5 Å². The van der Waals surface area contributed by atoms with Crippen LogP contribution in [-0.4, -0.2) is 42.4 Å². The van der Waals surface area contributed by atoms with Crippen molar-refractivity contribution in [3.05, 3.63) is 42.1 Å². The lowest BCUT2D eigenvalue weighted by atomic mass is 10.2. The lowest BCUT2D eigenvalue weighted by molar-refractivity contribution is -0.123. The summed E-state index contributed by atoms with van der Waals surface area (Å²) >= 11 is 0. The Bertz CT molecular complexity index is 936. The molecule has 0 aliphatic heterocycles. The van der Waals surface area contributed by atoms with Crippen LogP contribution in [0.5, 0.6) is 0 Å². The molecule has 0 saturated heterocycles. The second-order valence-corrected chi connectivity index (χ2v) is 7.96. The molecule has 0 radical (unpaired) electrons. The third-order valence-corrected chi connectivity index (χ3v) is 4.10. The van der Waals surface area contributed by atoms with Gasteiger partial charge < -0.3 is 10.1 Å². The number of carbonyl (C=O) groups is 2. The summed E-state index contributed by atoms with van der Waals surface area (Å²) < 4.78 is 31.9. The zero-order chi connectivity index (χ0) is 20.2. The quantitative estimate of drug-likeness (QED) is 0.694. The number of benzene rings is 1. The number of aromatic nitrogens is 2. The minimum Gasteiger partial charge on any atom is -0.449 e. The molecular weight excluding hydrogens is 372 g/mol. The SMILES string of the molecule is CC(OC(=O)c1ccccc1NS(C)(=O)=O)C(=O)Nc1ccnn1C(C)C. The lowest BCUT2D eigenvalue weighted by Gasteiger charge is -2.16. The predicted molar refractivity (Wildman–Crippen MR) is 101 cm³/mol. The molecule has 1 amide bonds. The van der Waals surface area contributed by atoms with Crippen molar-refractivity contribution in [3.63, 3.8) is 0 Å². The number of amides is 1. The number of hydrogen-bond acceptors (Lipinski definition) is 6. The third kappa shape index (κ3) is 5.55. The molecular formula is C17H22N4O5S. The first-order valence-electron chi connectivity index (χ1n) is 8.20. The van der Waals surface area contributed by atoms with E-state index in [0.717, 1.165) is 6.26 Å². The first-order chi connectivity index (χ1) is 12.6. The number of sulfonamides is 1. The number of rotatable bonds is 7. The van der Waals surface area contributed by atoms with Crippen LogP contribution < -0.4 is 10.0 Å². The van der Waals surface area contributed by atoms with Gasteiger partial charge in [-0.3, -0.25) is 9.52 Å². The van der Waals surface area contributed by atoms with Crippen LogP contribution >= 0.6 is 0 Å². The summed E-state index contributed by atoms with van der Waals surface area (Å²) in [6, 6.07) is 7.67. The molecule has 2 aromatic rings. The summed E-state index contributed by atoms with van der Waals surface area (Å²) in [6.07, 6.45) is 1.43. The summed E-state index contributed by atoms with van der Waals surface area (Å²) in [5.41, 5.74) is 0.0882. The van der Waals surface area contributed by atoms with Gasteiger partial charge in [0.15, 0.2) is 6.10 Å². The lowest BCUT2D eigenvalue weighted by Crippen LogP contribution is -2.31.